The molecule has 1 aliphatic heterocycles. The van der Waals surface area contributed by atoms with Crippen LogP contribution in [0.5, 0.6) is 0 Å². The number of carbonyl (C=O) groups is 2. The van der Waals surface area contributed by atoms with E-state index in [4.69, 9.17) is 4.74 Å². The highest BCUT2D eigenvalue weighted by Gasteiger charge is 2.27. The molecule has 1 heterocycles. The van der Waals surface area contributed by atoms with E-state index in [1.54, 1.807) is 17.0 Å². The highest BCUT2D eigenvalue weighted by atomic mass is 32.2. The van der Waals surface area contributed by atoms with Crippen LogP contribution in [0.15, 0.2) is 98.6 Å². The number of carbonyl (C=O) groups excluding carboxylic acids is 2. The van der Waals surface area contributed by atoms with Crippen molar-refractivity contribution in [2.45, 2.75) is 23.6 Å². The molecule has 3 aromatic carbocycles. The summed E-state index contributed by atoms with van der Waals surface area (Å²) >= 11 is 2.97. The summed E-state index contributed by atoms with van der Waals surface area (Å²) in [5, 5.41) is 2.96. The predicted molar refractivity (Wildman–Crippen MR) is 142 cm³/mol. The molecule has 4 rings (SSSR count). The molecule has 0 atom stereocenters. The molecule has 0 saturated carbocycles. The van der Waals surface area contributed by atoms with Gasteiger partial charge < -0.3 is 15.0 Å². The van der Waals surface area contributed by atoms with E-state index in [0.29, 0.717) is 31.9 Å². The van der Waals surface area contributed by atoms with Crippen LogP contribution in [0.25, 0.3) is 0 Å². The lowest BCUT2D eigenvalue weighted by atomic mass is 10.2. The van der Waals surface area contributed by atoms with Crippen molar-refractivity contribution in [1.29, 1.82) is 0 Å². The first-order chi connectivity index (χ1) is 17.0. The average molecular weight is 505 g/mol. The van der Waals surface area contributed by atoms with Gasteiger partial charge >= 0.3 is 0 Å². The van der Waals surface area contributed by atoms with Crippen LogP contribution in [-0.4, -0.2) is 43.0 Å². The molecule has 0 spiro atoms. The van der Waals surface area contributed by atoms with Crippen molar-refractivity contribution in [3.8, 4) is 0 Å². The molecule has 35 heavy (non-hydrogen) atoms. The Bertz CT molecular complexity index is 1140. The van der Waals surface area contributed by atoms with Gasteiger partial charge in [-0.1, -0.05) is 77.1 Å². The molecule has 7 heteroatoms. The van der Waals surface area contributed by atoms with E-state index in [1.807, 2.05) is 80.6 Å². The van der Waals surface area contributed by atoms with E-state index < -0.39 is 0 Å². The minimum atomic E-state index is -0.311. The van der Waals surface area contributed by atoms with Crippen LogP contribution in [0.3, 0.4) is 0 Å². The fourth-order valence-corrected chi connectivity index (χ4v) is 5.64. The smallest absolute Gasteiger partial charge is 0.272 e. The average Bonchev–Trinajstić information content (AvgIpc) is 2.90. The molecule has 180 valence electrons. The minimum absolute atomic E-state index is 0.202. The number of nitrogens with zero attached hydrogens (tertiary/aromatic N) is 1. The second-order valence-corrected chi connectivity index (χ2v) is 10.6. The van der Waals surface area contributed by atoms with E-state index in [-0.39, 0.29) is 17.5 Å². The molecule has 0 unspecified atom stereocenters. The number of thioether (sulfide) groups is 2. The van der Waals surface area contributed by atoms with Crippen LogP contribution in [0.4, 0.5) is 0 Å². The Morgan fingerprint density at radius 1 is 0.771 bits per heavy atom. The lowest BCUT2D eigenvalue weighted by molar-refractivity contribution is -0.131. The number of hydrogen-bond acceptors (Lipinski definition) is 5. The Kier molecular flexibility index (Phi) is 8.69. The topological polar surface area (TPSA) is 58.6 Å². The van der Waals surface area contributed by atoms with Gasteiger partial charge in [-0.25, -0.2) is 0 Å². The van der Waals surface area contributed by atoms with Crippen molar-refractivity contribution in [1.82, 2.24) is 10.2 Å². The molecular formula is C28H28N2O3S2. The Hall–Kier alpha value is -3.00. The molecule has 0 aromatic heterocycles. The second kappa shape index (κ2) is 12.1. The number of benzene rings is 3. The summed E-state index contributed by atoms with van der Waals surface area (Å²) in [6, 6.07) is 25.3. The van der Waals surface area contributed by atoms with Gasteiger partial charge in [0, 0.05) is 28.4 Å². The van der Waals surface area contributed by atoms with E-state index in [2.05, 4.69) is 5.32 Å². The summed E-state index contributed by atoms with van der Waals surface area (Å²) in [5.41, 5.74) is 3.11. The maximum atomic E-state index is 13.8. The van der Waals surface area contributed by atoms with Crippen molar-refractivity contribution in [3.63, 3.8) is 0 Å². The Morgan fingerprint density at radius 3 is 1.80 bits per heavy atom. The maximum Gasteiger partial charge on any atom is 0.272 e. The number of aryl methyl sites for hydroxylation is 2. The van der Waals surface area contributed by atoms with Crippen molar-refractivity contribution >= 4 is 35.3 Å². The van der Waals surface area contributed by atoms with Gasteiger partial charge in [0.15, 0.2) is 0 Å². The first-order valence-electron chi connectivity index (χ1n) is 11.5. The molecule has 3 aromatic rings. The van der Waals surface area contributed by atoms with Crippen LogP contribution in [-0.2, 0) is 9.53 Å². The largest absolute Gasteiger partial charge is 0.378 e. The van der Waals surface area contributed by atoms with Crippen LogP contribution in [0.2, 0.25) is 0 Å². The summed E-state index contributed by atoms with van der Waals surface area (Å²) < 4.78 is 6.17. The van der Waals surface area contributed by atoms with Gasteiger partial charge in [-0.05, 0) is 50.2 Å². The van der Waals surface area contributed by atoms with Gasteiger partial charge in [-0.3, -0.25) is 9.59 Å². The standard InChI is InChI=1S/C28H28N2O3S2/c1-20-8-12-23(13-9-20)34-28(35-24-14-10-21(2)11-15-24)25(27(32)30-16-18-33-19-17-30)29-26(31)22-6-4-3-5-7-22/h3-15H,16-19H2,1-2H3,(H,29,31). The Labute approximate surface area is 214 Å². The van der Waals surface area contributed by atoms with E-state index in [1.165, 1.54) is 23.5 Å². The Balaban J connectivity index is 1.76. The molecule has 0 radical (unpaired) electrons. The number of rotatable bonds is 7. The Morgan fingerprint density at radius 2 is 1.29 bits per heavy atom. The van der Waals surface area contributed by atoms with Gasteiger partial charge in [-0.15, -0.1) is 0 Å². The number of morpholine rings is 1. The van der Waals surface area contributed by atoms with Gasteiger partial charge in [0.1, 0.15) is 5.70 Å². The number of hydrogen-bond donors (Lipinski definition) is 1. The summed E-state index contributed by atoms with van der Waals surface area (Å²) in [6.07, 6.45) is 0. The van der Waals surface area contributed by atoms with Gasteiger partial charge in [0.2, 0.25) is 0 Å². The van der Waals surface area contributed by atoms with Crippen LogP contribution >= 0.6 is 23.5 Å². The first kappa shape index (κ1) is 25.1. The minimum Gasteiger partial charge on any atom is -0.378 e. The number of nitrogens with one attached hydrogen (secondary N) is 1. The lowest BCUT2D eigenvalue weighted by Crippen LogP contribution is -2.44. The third-order valence-corrected chi connectivity index (χ3v) is 7.75. The molecular weight excluding hydrogens is 476 g/mol. The second-order valence-electron chi connectivity index (χ2n) is 8.22. The van der Waals surface area contributed by atoms with Gasteiger partial charge in [0.05, 0.1) is 17.5 Å². The normalized spacial score (nSPS) is 13.3. The zero-order valence-electron chi connectivity index (χ0n) is 19.8. The zero-order chi connectivity index (χ0) is 24.6. The van der Waals surface area contributed by atoms with Crippen LogP contribution in [0.1, 0.15) is 21.5 Å². The molecule has 5 nitrogen and oxygen atoms in total. The summed E-state index contributed by atoms with van der Waals surface area (Å²) in [6.45, 7) is 6.02. The molecule has 2 amide bonds. The number of ether oxygens (including phenoxy) is 1. The van der Waals surface area contributed by atoms with Crippen LogP contribution < -0.4 is 5.32 Å². The summed E-state index contributed by atoms with van der Waals surface area (Å²) in [5.74, 6) is -0.513. The zero-order valence-corrected chi connectivity index (χ0v) is 21.5. The molecule has 0 aliphatic carbocycles. The summed E-state index contributed by atoms with van der Waals surface area (Å²) in [7, 11) is 0. The quantitative estimate of drug-likeness (QED) is 0.333. The van der Waals surface area contributed by atoms with Crippen molar-refractivity contribution < 1.29 is 14.3 Å². The molecule has 1 N–H and O–H groups in total. The molecule has 1 aliphatic rings. The molecule has 1 saturated heterocycles. The lowest BCUT2D eigenvalue weighted by Gasteiger charge is -2.28. The van der Waals surface area contributed by atoms with Gasteiger partial charge in [-0.2, -0.15) is 0 Å². The number of amides is 2. The highest BCUT2D eigenvalue weighted by Crippen LogP contribution is 2.41. The van der Waals surface area contributed by atoms with E-state index in [0.717, 1.165) is 25.2 Å². The van der Waals surface area contributed by atoms with Gasteiger partial charge in [0.25, 0.3) is 11.8 Å². The SMILES string of the molecule is Cc1ccc(SC(Sc2ccc(C)cc2)=C(NC(=O)c2ccccc2)C(=O)N2CCOCC2)cc1. The van der Waals surface area contributed by atoms with E-state index in [9.17, 15) is 9.59 Å². The third-order valence-electron chi connectivity index (χ3n) is 5.45. The molecule has 1 fully saturated rings. The fraction of sp³-hybridized carbons (Fsp3) is 0.214. The fourth-order valence-electron chi connectivity index (χ4n) is 3.44. The van der Waals surface area contributed by atoms with Crippen molar-refractivity contribution in [2.75, 3.05) is 26.3 Å². The maximum absolute atomic E-state index is 13.8. The predicted octanol–water partition coefficient (Wildman–Crippen LogP) is 5.65. The monoisotopic (exact) mass is 504 g/mol. The van der Waals surface area contributed by atoms with E-state index >= 15 is 0 Å². The summed E-state index contributed by atoms with van der Waals surface area (Å²) in [4.78, 5) is 30.7. The molecule has 0 bridgehead atoms. The van der Waals surface area contributed by atoms with Crippen LogP contribution in [0, 0.1) is 13.8 Å². The van der Waals surface area contributed by atoms with Crippen molar-refractivity contribution in [3.05, 3.63) is 105 Å². The van der Waals surface area contributed by atoms with Crippen molar-refractivity contribution in [2.24, 2.45) is 0 Å². The highest BCUT2D eigenvalue weighted by molar-refractivity contribution is 8.22. The third kappa shape index (κ3) is 7.01. The first-order valence-corrected chi connectivity index (χ1v) is 13.1.